The molecule has 1 aliphatic carbocycles. The Labute approximate surface area is 227 Å². The van der Waals surface area contributed by atoms with Gasteiger partial charge in [0.2, 0.25) is 0 Å². The van der Waals surface area contributed by atoms with Gasteiger partial charge in [-0.25, -0.2) is 9.97 Å². The molecular weight excluding hydrogens is 492 g/mol. The second-order valence-corrected chi connectivity index (χ2v) is 18.9. The van der Waals surface area contributed by atoms with E-state index < -0.39 is 13.5 Å². The molecule has 38 heavy (non-hydrogen) atoms. The number of ketones is 1. The van der Waals surface area contributed by atoms with Crippen molar-refractivity contribution in [2.24, 2.45) is 23.2 Å². The van der Waals surface area contributed by atoms with Gasteiger partial charge in [0.05, 0.1) is 17.5 Å². The van der Waals surface area contributed by atoms with Gasteiger partial charge < -0.3 is 18.9 Å². The van der Waals surface area contributed by atoms with Crippen molar-refractivity contribution in [1.29, 1.82) is 0 Å². The number of hydrogen-bond donors (Lipinski definition) is 0. The Morgan fingerprint density at radius 1 is 1.16 bits per heavy atom. The highest BCUT2D eigenvalue weighted by molar-refractivity contribution is 6.76. The lowest BCUT2D eigenvalue weighted by Crippen LogP contribution is -2.24. The molecule has 3 aromatic rings. The van der Waals surface area contributed by atoms with Crippen molar-refractivity contribution in [2.45, 2.75) is 53.2 Å². The minimum atomic E-state index is -1.18. The molecule has 0 unspecified atom stereocenters. The SMILES string of the molecule is COC[C@H]1[C@H]2CN(c3cccc(-c4cnc5c(n4)c(C(=O)C(C)(C)C)cn5COCC[Si](C)(C)C)c3)C[C@@H]12. The maximum atomic E-state index is 13.4. The molecule has 8 heteroatoms. The second-order valence-electron chi connectivity index (χ2n) is 13.3. The molecule has 3 atom stereocenters. The second kappa shape index (κ2) is 10.2. The molecule has 7 nitrogen and oxygen atoms in total. The van der Waals surface area contributed by atoms with E-state index in [9.17, 15) is 4.79 Å². The van der Waals surface area contributed by atoms with E-state index in [1.54, 1.807) is 7.11 Å². The van der Waals surface area contributed by atoms with Gasteiger partial charge in [0.25, 0.3) is 0 Å². The van der Waals surface area contributed by atoms with Gasteiger partial charge in [-0.1, -0.05) is 52.5 Å². The first-order chi connectivity index (χ1) is 18.0. The number of carbonyl (C=O) groups is 1. The van der Waals surface area contributed by atoms with Crippen LogP contribution < -0.4 is 4.90 Å². The van der Waals surface area contributed by atoms with Crippen molar-refractivity contribution < 1.29 is 14.3 Å². The molecule has 0 radical (unpaired) electrons. The summed E-state index contributed by atoms with van der Waals surface area (Å²) in [5, 5.41) is 0. The highest BCUT2D eigenvalue weighted by Crippen LogP contribution is 2.52. The summed E-state index contributed by atoms with van der Waals surface area (Å²) in [7, 11) is 0.614. The molecule has 204 valence electrons. The summed E-state index contributed by atoms with van der Waals surface area (Å²) in [6, 6.07) is 9.64. The third-order valence-electron chi connectivity index (χ3n) is 7.96. The van der Waals surface area contributed by atoms with E-state index in [0.29, 0.717) is 30.1 Å². The molecule has 0 N–H and O–H groups in total. The van der Waals surface area contributed by atoms with Gasteiger partial charge in [-0.3, -0.25) is 4.79 Å². The summed E-state index contributed by atoms with van der Waals surface area (Å²) < 4.78 is 13.3. The molecule has 5 rings (SSSR count). The molecular formula is C30H42N4O3Si. The van der Waals surface area contributed by atoms with Crippen LogP contribution in [0.5, 0.6) is 0 Å². The fourth-order valence-electron chi connectivity index (χ4n) is 5.56. The van der Waals surface area contributed by atoms with Crippen LogP contribution in [-0.4, -0.2) is 61.8 Å². The van der Waals surface area contributed by atoms with E-state index in [1.165, 1.54) is 5.69 Å². The number of hydrogen-bond acceptors (Lipinski definition) is 6. The molecule has 0 bridgehead atoms. The van der Waals surface area contributed by atoms with Crippen molar-refractivity contribution >= 4 is 30.7 Å². The quantitative estimate of drug-likeness (QED) is 0.181. The van der Waals surface area contributed by atoms with Crippen molar-refractivity contribution in [3.8, 4) is 11.3 Å². The average molecular weight is 535 g/mol. The minimum absolute atomic E-state index is 0.0606. The van der Waals surface area contributed by atoms with Gasteiger partial charge in [0.1, 0.15) is 12.2 Å². The molecule has 1 saturated heterocycles. The number of anilines is 1. The third-order valence-corrected chi connectivity index (χ3v) is 9.66. The molecule has 2 aromatic heterocycles. The minimum Gasteiger partial charge on any atom is -0.384 e. The molecule has 1 saturated carbocycles. The number of carbonyl (C=O) groups excluding carboxylic acids is 1. The van der Waals surface area contributed by atoms with Crippen LogP contribution in [0.4, 0.5) is 5.69 Å². The topological polar surface area (TPSA) is 69.5 Å². The number of nitrogens with zero attached hydrogens (tertiary/aromatic N) is 4. The van der Waals surface area contributed by atoms with Gasteiger partial charge in [0.15, 0.2) is 11.4 Å². The Morgan fingerprint density at radius 2 is 1.89 bits per heavy atom. The molecule has 3 heterocycles. The van der Waals surface area contributed by atoms with E-state index in [4.69, 9.17) is 19.4 Å². The molecule has 2 aliphatic rings. The van der Waals surface area contributed by atoms with Crippen molar-refractivity contribution in [2.75, 3.05) is 38.3 Å². The number of piperidine rings is 1. The first-order valence-electron chi connectivity index (χ1n) is 13.8. The van der Waals surface area contributed by atoms with E-state index in [0.717, 1.165) is 54.8 Å². The molecule has 2 fully saturated rings. The zero-order valence-corrected chi connectivity index (χ0v) is 25.0. The van der Waals surface area contributed by atoms with Crippen LogP contribution in [0.15, 0.2) is 36.7 Å². The van der Waals surface area contributed by atoms with Crippen LogP contribution in [-0.2, 0) is 16.2 Å². The summed E-state index contributed by atoms with van der Waals surface area (Å²) in [4.78, 5) is 25.7. The van der Waals surface area contributed by atoms with Gasteiger partial charge in [-0.2, -0.15) is 0 Å². The van der Waals surface area contributed by atoms with Gasteiger partial charge >= 0.3 is 0 Å². The monoisotopic (exact) mass is 534 g/mol. The summed E-state index contributed by atoms with van der Waals surface area (Å²) in [5.74, 6) is 2.27. The van der Waals surface area contributed by atoms with Crippen LogP contribution in [0.2, 0.25) is 25.7 Å². The number of aromatic nitrogens is 3. The lowest BCUT2D eigenvalue weighted by Gasteiger charge is -2.22. The zero-order valence-electron chi connectivity index (χ0n) is 24.0. The predicted octanol–water partition coefficient (Wildman–Crippen LogP) is 5.97. The Hall–Kier alpha value is -2.55. The van der Waals surface area contributed by atoms with Gasteiger partial charge in [0, 0.05) is 64.3 Å². The van der Waals surface area contributed by atoms with E-state index in [-0.39, 0.29) is 5.78 Å². The molecule has 1 aromatic carbocycles. The molecule has 1 aliphatic heterocycles. The van der Waals surface area contributed by atoms with E-state index in [2.05, 4.69) is 48.8 Å². The standard InChI is InChI=1S/C30H42N4O3Si/c1-30(2,3)28(35)24-17-34(19-37-11-12-38(5,6)7)29-27(24)32-26(14-31-29)20-9-8-10-21(13-20)33-15-22-23(16-33)25(22)18-36-4/h8-10,13-14,17,22-23,25H,11-12,15-16,18-19H2,1-7H3/t22-,23+,25-. The molecule has 0 spiro atoms. The van der Waals surface area contributed by atoms with E-state index >= 15 is 0 Å². The van der Waals surface area contributed by atoms with Crippen LogP contribution in [0, 0.1) is 23.2 Å². The normalized spacial score (nSPS) is 21.2. The van der Waals surface area contributed by atoms with E-state index in [1.807, 2.05) is 37.7 Å². The zero-order chi connectivity index (χ0) is 27.2. The number of Topliss-reactive ketones (excluding diaryl/α,β-unsaturated/α-hetero) is 1. The first-order valence-corrected chi connectivity index (χ1v) is 17.5. The van der Waals surface area contributed by atoms with Crippen LogP contribution in [0.3, 0.4) is 0 Å². The fourth-order valence-corrected chi connectivity index (χ4v) is 6.32. The maximum Gasteiger partial charge on any atom is 0.171 e. The summed E-state index contributed by atoms with van der Waals surface area (Å²) in [6.07, 6.45) is 3.70. The summed E-state index contributed by atoms with van der Waals surface area (Å²) >= 11 is 0. The highest BCUT2D eigenvalue weighted by Gasteiger charge is 2.55. The largest absolute Gasteiger partial charge is 0.384 e. The smallest absolute Gasteiger partial charge is 0.171 e. The number of fused-ring (bicyclic) bond motifs is 2. The van der Waals surface area contributed by atoms with Crippen molar-refractivity contribution in [1.82, 2.24) is 14.5 Å². The molecule has 0 amide bonds. The number of benzene rings is 1. The first kappa shape index (κ1) is 27.0. The number of rotatable bonds is 10. The van der Waals surface area contributed by atoms with Crippen molar-refractivity contribution in [3.05, 3.63) is 42.2 Å². The lowest BCUT2D eigenvalue weighted by atomic mass is 9.87. The van der Waals surface area contributed by atoms with Crippen LogP contribution >= 0.6 is 0 Å². The fraction of sp³-hybridized carbons (Fsp3) is 0.567. The van der Waals surface area contributed by atoms with Crippen LogP contribution in [0.1, 0.15) is 31.1 Å². The Bertz CT molecular complexity index is 1310. The highest BCUT2D eigenvalue weighted by atomic mass is 28.3. The van der Waals surface area contributed by atoms with Gasteiger partial charge in [-0.15, -0.1) is 0 Å². The Kier molecular flexibility index (Phi) is 7.26. The lowest BCUT2D eigenvalue weighted by molar-refractivity contribution is 0.0849. The summed E-state index contributed by atoms with van der Waals surface area (Å²) in [6.45, 7) is 17.0. The van der Waals surface area contributed by atoms with Crippen LogP contribution in [0.25, 0.3) is 22.4 Å². The maximum absolute atomic E-state index is 13.4. The summed E-state index contributed by atoms with van der Waals surface area (Å²) in [5.41, 5.74) is 4.43. The third kappa shape index (κ3) is 5.58. The predicted molar refractivity (Wildman–Crippen MR) is 155 cm³/mol. The van der Waals surface area contributed by atoms with Gasteiger partial charge in [-0.05, 0) is 35.9 Å². The Morgan fingerprint density at radius 3 is 2.55 bits per heavy atom. The number of methoxy groups -OCH3 is 1. The van der Waals surface area contributed by atoms with Crippen molar-refractivity contribution in [3.63, 3.8) is 0 Å². The average Bonchev–Trinajstić information content (AvgIpc) is 3.19. The number of ether oxygens (including phenoxy) is 2. The Balaban J connectivity index is 1.41.